The molecule has 0 atom stereocenters. The first kappa shape index (κ1) is 51.0. The third kappa shape index (κ3) is 11.2. The van der Waals surface area contributed by atoms with Gasteiger partial charge in [0.1, 0.15) is 35.2 Å². The summed E-state index contributed by atoms with van der Waals surface area (Å²) in [4.78, 5) is 31.1. The monoisotopic (exact) mass is 996 g/mol. The van der Waals surface area contributed by atoms with Gasteiger partial charge < -0.3 is 9.47 Å². The number of benzene rings is 7. The summed E-state index contributed by atoms with van der Waals surface area (Å²) in [5, 5.41) is 19.5. The molecule has 0 aliphatic heterocycles. The fraction of sp³-hybridized carbons (Fsp3) is 0.210. The SMILES string of the molecule is CC(C)(C)OC(=O)NC(=NCCc1c[n+](C(c2ccccc2)(c2ccccc2)c2ccccc2)cn1Cc1ccccc1-c1nnnn1C(c1ccccc1)(c1ccccc1)c1ccccc1)NC(=O)OC(C)(C)C. The van der Waals surface area contributed by atoms with E-state index < -0.39 is 34.5 Å². The van der Waals surface area contributed by atoms with Gasteiger partial charge in [-0.25, -0.2) is 23.4 Å². The Balaban J connectivity index is 1.21. The minimum atomic E-state index is -0.978. The van der Waals surface area contributed by atoms with Crippen LogP contribution in [-0.2, 0) is 33.5 Å². The number of hydrogen-bond acceptors (Lipinski definition) is 8. The first-order valence-electron chi connectivity index (χ1n) is 25.1. The quantitative estimate of drug-likeness (QED) is 0.0478. The predicted molar refractivity (Wildman–Crippen MR) is 291 cm³/mol. The van der Waals surface area contributed by atoms with E-state index in [9.17, 15) is 9.59 Å². The summed E-state index contributed by atoms with van der Waals surface area (Å²) in [5.41, 5.74) is 5.39. The number of nitrogens with zero attached hydrogens (tertiary/aromatic N) is 7. The van der Waals surface area contributed by atoms with Crippen molar-refractivity contribution >= 4 is 18.1 Å². The Labute approximate surface area is 438 Å². The number of rotatable bonds is 14. The van der Waals surface area contributed by atoms with E-state index in [2.05, 4.69) is 159 Å². The highest BCUT2D eigenvalue weighted by Gasteiger charge is 2.45. The summed E-state index contributed by atoms with van der Waals surface area (Å²) in [6.07, 6.45) is 3.16. The summed E-state index contributed by atoms with van der Waals surface area (Å²) < 4.78 is 17.6. The number of imidazole rings is 1. The fourth-order valence-electron chi connectivity index (χ4n) is 9.75. The van der Waals surface area contributed by atoms with Gasteiger partial charge in [0, 0.05) is 34.2 Å². The summed E-state index contributed by atoms with van der Waals surface area (Å²) in [6, 6.07) is 70.8. The van der Waals surface area contributed by atoms with Gasteiger partial charge in [-0.15, -0.1) is 5.10 Å². The minimum absolute atomic E-state index is 0.104. The molecule has 75 heavy (non-hydrogen) atoms. The average molecular weight is 997 g/mol. The van der Waals surface area contributed by atoms with Crippen molar-refractivity contribution in [1.29, 1.82) is 0 Å². The molecule has 0 radical (unpaired) electrons. The van der Waals surface area contributed by atoms with Gasteiger partial charge in [-0.2, -0.15) is 0 Å². The zero-order chi connectivity index (χ0) is 52.5. The number of carbonyl (C=O) groups is 2. The zero-order valence-electron chi connectivity index (χ0n) is 43.2. The second-order valence-corrected chi connectivity index (χ2v) is 20.2. The molecule has 9 aromatic rings. The van der Waals surface area contributed by atoms with Crippen molar-refractivity contribution in [2.75, 3.05) is 6.54 Å². The summed E-state index contributed by atoms with van der Waals surface area (Å²) in [7, 11) is 0. The van der Waals surface area contributed by atoms with Gasteiger partial charge in [-0.05, 0) is 68.7 Å². The molecule has 13 heteroatoms. The smallest absolute Gasteiger partial charge is 0.414 e. The van der Waals surface area contributed by atoms with Gasteiger partial charge >= 0.3 is 12.2 Å². The van der Waals surface area contributed by atoms with Crippen LogP contribution in [0.15, 0.2) is 224 Å². The van der Waals surface area contributed by atoms with Gasteiger partial charge in [0.05, 0.1) is 6.54 Å². The van der Waals surface area contributed by atoms with Gasteiger partial charge in [-0.1, -0.05) is 206 Å². The van der Waals surface area contributed by atoms with Crippen molar-refractivity contribution in [3.05, 3.63) is 263 Å². The third-order valence-corrected chi connectivity index (χ3v) is 12.7. The minimum Gasteiger partial charge on any atom is -0.444 e. The molecule has 0 aliphatic rings. The number of alkyl carbamates (subject to hydrolysis) is 2. The van der Waals surface area contributed by atoms with E-state index >= 15 is 0 Å². The van der Waals surface area contributed by atoms with Crippen LogP contribution in [0.5, 0.6) is 0 Å². The molecular formula is C62H62N9O4+. The van der Waals surface area contributed by atoms with E-state index in [4.69, 9.17) is 24.8 Å². The highest BCUT2D eigenvalue weighted by Crippen LogP contribution is 2.43. The number of aromatic nitrogens is 6. The zero-order valence-corrected chi connectivity index (χ0v) is 43.2. The maximum atomic E-state index is 13.2. The number of carbonyl (C=O) groups excluding carboxylic acids is 2. The normalized spacial score (nSPS) is 11.9. The molecule has 0 fully saturated rings. The van der Waals surface area contributed by atoms with E-state index in [1.165, 1.54) is 0 Å². The van der Waals surface area contributed by atoms with Crippen molar-refractivity contribution in [3.63, 3.8) is 0 Å². The Morgan fingerprint density at radius 2 is 0.947 bits per heavy atom. The topological polar surface area (TPSA) is 141 Å². The molecule has 9 rings (SSSR count). The highest BCUT2D eigenvalue weighted by atomic mass is 16.6. The van der Waals surface area contributed by atoms with Crippen LogP contribution < -0.4 is 15.2 Å². The highest BCUT2D eigenvalue weighted by molar-refractivity contribution is 6.01. The Morgan fingerprint density at radius 1 is 0.547 bits per heavy atom. The lowest BCUT2D eigenvalue weighted by atomic mass is 9.77. The van der Waals surface area contributed by atoms with E-state index in [1.807, 2.05) is 89.6 Å². The molecule has 2 aromatic heterocycles. The number of ether oxygens (including phenoxy) is 2. The number of amides is 2. The van der Waals surface area contributed by atoms with Crippen LogP contribution in [-0.4, -0.2) is 60.7 Å². The van der Waals surface area contributed by atoms with Crippen LogP contribution in [0.2, 0.25) is 0 Å². The van der Waals surface area contributed by atoms with Crippen molar-refractivity contribution < 1.29 is 23.6 Å². The molecule has 0 unspecified atom stereocenters. The molecule has 0 saturated heterocycles. The van der Waals surface area contributed by atoms with Crippen molar-refractivity contribution in [1.82, 2.24) is 35.4 Å². The largest absolute Gasteiger partial charge is 0.444 e. The van der Waals surface area contributed by atoms with Crippen LogP contribution in [0, 0.1) is 0 Å². The molecule has 0 saturated carbocycles. The van der Waals surface area contributed by atoms with Gasteiger partial charge in [0.2, 0.25) is 12.3 Å². The molecule has 0 spiro atoms. The molecule has 2 amide bonds. The summed E-state index contributed by atoms with van der Waals surface area (Å²) in [5.74, 6) is 0.472. The first-order valence-corrected chi connectivity index (χ1v) is 25.1. The Kier molecular flexibility index (Phi) is 15.0. The molecule has 2 N–H and O–H groups in total. The van der Waals surface area contributed by atoms with Crippen LogP contribution in [0.1, 0.15) is 86.2 Å². The van der Waals surface area contributed by atoms with Gasteiger partial charge in [-0.3, -0.25) is 15.6 Å². The summed E-state index contributed by atoms with van der Waals surface area (Å²) in [6.45, 7) is 11.1. The lowest BCUT2D eigenvalue weighted by molar-refractivity contribution is -0.734. The lowest BCUT2D eigenvalue weighted by Crippen LogP contribution is -2.57. The Morgan fingerprint density at radius 3 is 1.37 bits per heavy atom. The van der Waals surface area contributed by atoms with E-state index in [1.54, 1.807) is 41.5 Å². The van der Waals surface area contributed by atoms with Crippen molar-refractivity contribution in [2.45, 2.75) is 76.8 Å². The number of nitrogens with one attached hydrogen (secondary N) is 2. The first-order chi connectivity index (χ1) is 36.3. The number of hydrogen-bond donors (Lipinski definition) is 2. The molecule has 378 valence electrons. The van der Waals surface area contributed by atoms with Crippen LogP contribution in [0.3, 0.4) is 0 Å². The predicted octanol–water partition coefficient (Wildman–Crippen LogP) is 11.1. The lowest BCUT2D eigenvalue weighted by Gasteiger charge is -2.36. The number of aliphatic imine (C=N–C) groups is 1. The van der Waals surface area contributed by atoms with Gasteiger partial charge in [0.15, 0.2) is 11.4 Å². The number of guanidine groups is 1. The maximum absolute atomic E-state index is 13.2. The van der Waals surface area contributed by atoms with Gasteiger partial charge in [0.25, 0.3) is 0 Å². The molecule has 0 bridgehead atoms. The third-order valence-electron chi connectivity index (χ3n) is 12.7. The maximum Gasteiger partial charge on any atom is 0.414 e. The molecular weight excluding hydrogens is 935 g/mol. The fourth-order valence-corrected chi connectivity index (χ4v) is 9.75. The van der Waals surface area contributed by atoms with Crippen LogP contribution in [0.4, 0.5) is 9.59 Å². The van der Waals surface area contributed by atoms with E-state index in [-0.39, 0.29) is 12.5 Å². The Hall–Kier alpha value is -8.97. The van der Waals surface area contributed by atoms with Crippen molar-refractivity contribution in [2.24, 2.45) is 4.99 Å². The van der Waals surface area contributed by atoms with E-state index in [0.717, 1.165) is 50.2 Å². The summed E-state index contributed by atoms with van der Waals surface area (Å²) >= 11 is 0. The second-order valence-electron chi connectivity index (χ2n) is 20.2. The molecule has 2 heterocycles. The molecule has 0 aliphatic carbocycles. The molecule has 13 nitrogen and oxygen atoms in total. The van der Waals surface area contributed by atoms with Crippen LogP contribution >= 0.6 is 0 Å². The van der Waals surface area contributed by atoms with E-state index in [0.29, 0.717) is 18.8 Å². The average Bonchev–Trinajstić information content (AvgIpc) is 4.13. The standard InChI is InChI=1S/C62H61N9O4/c1-59(2,3)74-57(72)64-56(65-58(73)75-60(4,5)6)63-42-41-53-44-70(61(47-28-13-7-14-29-47,48-30-15-8-16-31-48)49-32-17-9-18-33-49)45-69(53)43-46-27-25-26-40-54(46)55-66-67-68-71(55)62(50-34-19-10-20-35-50,51-36-21-11-22-37-51)52-38-23-12-24-39-52/h7-40,44-45H,41-43H2,1-6H3,(H-,63,64,65,72,73)/p+1. The Bertz CT molecular complexity index is 3130. The number of tetrazole rings is 1. The molecule has 7 aromatic carbocycles. The van der Waals surface area contributed by atoms with Crippen LogP contribution in [0.25, 0.3) is 11.4 Å². The van der Waals surface area contributed by atoms with Crippen molar-refractivity contribution in [3.8, 4) is 11.4 Å². The second kappa shape index (κ2) is 22.0.